The van der Waals surface area contributed by atoms with Gasteiger partial charge in [0.15, 0.2) is 0 Å². The predicted molar refractivity (Wildman–Crippen MR) is 86.1 cm³/mol. The number of hydrogen-bond acceptors (Lipinski definition) is 4. The molecule has 0 fully saturated rings. The van der Waals surface area contributed by atoms with E-state index in [2.05, 4.69) is 46.2 Å². The molecule has 0 spiro atoms. The van der Waals surface area contributed by atoms with Crippen LogP contribution in [0.15, 0.2) is 59.4 Å². The second kappa shape index (κ2) is 6.54. The molecular weight excluding hydrogens is 274 g/mol. The number of aryl methyl sites for hydroxylation is 1. The van der Waals surface area contributed by atoms with Crippen molar-refractivity contribution in [2.24, 2.45) is 0 Å². The molecule has 0 unspecified atom stereocenters. The van der Waals surface area contributed by atoms with Crippen molar-refractivity contribution >= 4 is 0 Å². The third kappa shape index (κ3) is 3.59. The Kier molecular flexibility index (Phi) is 4.30. The van der Waals surface area contributed by atoms with Crippen LogP contribution in [0.1, 0.15) is 17.0 Å². The molecule has 0 aliphatic rings. The summed E-state index contributed by atoms with van der Waals surface area (Å²) in [5.41, 5.74) is 3.33. The first-order valence-electron chi connectivity index (χ1n) is 7.30. The van der Waals surface area contributed by atoms with Gasteiger partial charge in [-0.25, -0.2) is 0 Å². The number of rotatable bonds is 5. The van der Waals surface area contributed by atoms with Gasteiger partial charge in [0.2, 0.25) is 0 Å². The Labute approximate surface area is 130 Å². The normalized spacial score (nSPS) is 11.0. The average Bonchev–Trinajstić information content (AvgIpc) is 2.95. The molecule has 0 aliphatic carbocycles. The van der Waals surface area contributed by atoms with Crippen molar-refractivity contribution < 1.29 is 4.42 Å². The highest BCUT2D eigenvalue weighted by Gasteiger charge is 2.06. The zero-order valence-electron chi connectivity index (χ0n) is 12.9. The number of nitrogens with zero attached hydrogens (tertiary/aromatic N) is 3. The molecule has 22 heavy (non-hydrogen) atoms. The van der Waals surface area contributed by atoms with Gasteiger partial charge in [-0.05, 0) is 37.7 Å². The minimum absolute atomic E-state index is 0.776. The van der Waals surface area contributed by atoms with Gasteiger partial charge < -0.3 is 4.42 Å². The summed E-state index contributed by atoms with van der Waals surface area (Å²) >= 11 is 0. The molecule has 0 radical (unpaired) electrons. The van der Waals surface area contributed by atoms with Crippen LogP contribution < -0.4 is 0 Å². The van der Waals surface area contributed by atoms with E-state index in [0.29, 0.717) is 0 Å². The summed E-state index contributed by atoms with van der Waals surface area (Å²) in [5.74, 6) is 1.84. The van der Waals surface area contributed by atoms with Gasteiger partial charge in [0.1, 0.15) is 11.5 Å². The molecule has 0 aliphatic heterocycles. The lowest BCUT2D eigenvalue weighted by atomic mass is 10.1. The van der Waals surface area contributed by atoms with Gasteiger partial charge in [-0.2, -0.15) is 0 Å². The van der Waals surface area contributed by atoms with E-state index < -0.39 is 0 Å². The number of benzene rings is 1. The Balaban J connectivity index is 1.70. The fourth-order valence-electron chi connectivity index (χ4n) is 2.47. The van der Waals surface area contributed by atoms with Crippen molar-refractivity contribution in [2.45, 2.75) is 20.0 Å². The Bertz CT molecular complexity index is 737. The van der Waals surface area contributed by atoms with Crippen LogP contribution >= 0.6 is 0 Å². The van der Waals surface area contributed by atoms with Gasteiger partial charge in [-0.3, -0.25) is 14.9 Å². The first-order chi connectivity index (χ1) is 10.7. The molecule has 3 rings (SSSR count). The summed E-state index contributed by atoms with van der Waals surface area (Å²) < 4.78 is 5.69. The molecule has 4 heteroatoms. The van der Waals surface area contributed by atoms with E-state index in [1.807, 2.05) is 19.1 Å². The topological polar surface area (TPSA) is 42.2 Å². The van der Waals surface area contributed by atoms with Gasteiger partial charge in [-0.15, -0.1) is 0 Å². The lowest BCUT2D eigenvalue weighted by Crippen LogP contribution is -2.18. The highest BCUT2D eigenvalue weighted by Crippen LogP contribution is 2.23. The minimum atomic E-state index is 0.776. The summed E-state index contributed by atoms with van der Waals surface area (Å²) in [5, 5.41) is 0. The van der Waals surface area contributed by atoms with Crippen LogP contribution in [-0.2, 0) is 13.1 Å². The smallest absolute Gasteiger partial charge is 0.134 e. The Morgan fingerprint density at radius 1 is 1.09 bits per heavy atom. The maximum absolute atomic E-state index is 5.69. The zero-order chi connectivity index (χ0) is 15.4. The van der Waals surface area contributed by atoms with E-state index in [1.54, 1.807) is 18.6 Å². The Morgan fingerprint density at radius 2 is 2.00 bits per heavy atom. The fourth-order valence-corrected chi connectivity index (χ4v) is 2.47. The van der Waals surface area contributed by atoms with Crippen LogP contribution in [0.2, 0.25) is 0 Å². The highest BCUT2D eigenvalue weighted by atomic mass is 16.3. The molecular formula is C18H19N3O. The summed E-state index contributed by atoms with van der Waals surface area (Å²) in [6.07, 6.45) is 5.22. The van der Waals surface area contributed by atoms with Crippen LogP contribution in [0.25, 0.3) is 11.3 Å². The predicted octanol–water partition coefficient (Wildman–Crippen LogP) is 3.68. The van der Waals surface area contributed by atoms with Gasteiger partial charge in [0.05, 0.1) is 5.69 Å². The van der Waals surface area contributed by atoms with Crippen molar-refractivity contribution in [2.75, 3.05) is 7.05 Å². The van der Waals surface area contributed by atoms with Crippen LogP contribution in [0.4, 0.5) is 0 Å². The van der Waals surface area contributed by atoms with Crippen molar-refractivity contribution in [3.63, 3.8) is 0 Å². The van der Waals surface area contributed by atoms with E-state index >= 15 is 0 Å². The van der Waals surface area contributed by atoms with Gasteiger partial charge in [0.25, 0.3) is 0 Å². The first kappa shape index (κ1) is 14.5. The summed E-state index contributed by atoms with van der Waals surface area (Å²) in [6, 6.07) is 12.4. The average molecular weight is 293 g/mol. The Hall–Kier alpha value is -2.46. The maximum atomic E-state index is 5.69. The van der Waals surface area contributed by atoms with E-state index in [9.17, 15) is 0 Å². The van der Waals surface area contributed by atoms with E-state index in [4.69, 9.17) is 4.42 Å². The van der Waals surface area contributed by atoms with E-state index in [1.165, 1.54) is 5.56 Å². The lowest BCUT2D eigenvalue weighted by Gasteiger charge is -2.16. The van der Waals surface area contributed by atoms with Crippen LogP contribution in [0.3, 0.4) is 0 Å². The summed E-state index contributed by atoms with van der Waals surface area (Å²) in [4.78, 5) is 10.6. The van der Waals surface area contributed by atoms with Gasteiger partial charge in [-0.1, -0.05) is 18.2 Å². The lowest BCUT2D eigenvalue weighted by molar-refractivity contribution is 0.314. The molecule has 0 amide bonds. The first-order valence-corrected chi connectivity index (χ1v) is 7.30. The SMILES string of the molecule is Cc1ccc(-c2cccc(CN(C)Cc3cnccn3)c2)o1. The molecule has 0 atom stereocenters. The highest BCUT2D eigenvalue weighted by molar-refractivity contribution is 5.58. The third-order valence-corrected chi connectivity index (χ3v) is 3.45. The maximum Gasteiger partial charge on any atom is 0.134 e. The largest absolute Gasteiger partial charge is 0.461 e. The van der Waals surface area contributed by atoms with Gasteiger partial charge >= 0.3 is 0 Å². The van der Waals surface area contributed by atoms with Crippen molar-refractivity contribution in [1.29, 1.82) is 0 Å². The molecule has 2 heterocycles. The molecule has 2 aromatic heterocycles. The number of furan rings is 1. The summed E-state index contributed by atoms with van der Waals surface area (Å²) in [6.45, 7) is 3.59. The molecule has 1 aromatic carbocycles. The van der Waals surface area contributed by atoms with Crippen LogP contribution in [-0.4, -0.2) is 21.9 Å². The minimum Gasteiger partial charge on any atom is -0.461 e. The monoisotopic (exact) mass is 293 g/mol. The van der Waals surface area contributed by atoms with Crippen LogP contribution in [0.5, 0.6) is 0 Å². The number of hydrogen-bond donors (Lipinski definition) is 0. The molecule has 112 valence electrons. The molecule has 0 saturated carbocycles. The summed E-state index contributed by atoms with van der Waals surface area (Å²) in [7, 11) is 2.08. The number of aromatic nitrogens is 2. The molecule has 0 N–H and O–H groups in total. The molecule has 0 saturated heterocycles. The van der Waals surface area contributed by atoms with E-state index in [-0.39, 0.29) is 0 Å². The van der Waals surface area contributed by atoms with Crippen molar-refractivity contribution in [3.05, 3.63) is 72.0 Å². The van der Waals surface area contributed by atoms with E-state index in [0.717, 1.165) is 35.9 Å². The van der Waals surface area contributed by atoms with Gasteiger partial charge in [0, 0.05) is 37.2 Å². The quantitative estimate of drug-likeness (QED) is 0.719. The molecule has 3 aromatic rings. The Morgan fingerprint density at radius 3 is 2.73 bits per heavy atom. The molecule has 0 bridgehead atoms. The van der Waals surface area contributed by atoms with Crippen LogP contribution in [0, 0.1) is 6.92 Å². The fraction of sp³-hybridized carbons (Fsp3) is 0.222. The zero-order valence-corrected chi connectivity index (χ0v) is 12.9. The standard InChI is InChI=1S/C18H19N3O/c1-14-6-7-18(22-14)16-5-3-4-15(10-16)12-21(2)13-17-11-19-8-9-20-17/h3-11H,12-13H2,1-2H3. The molecule has 4 nitrogen and oxygen atoms in total. The second-order valence-corrected chi connectivity index (χ2v) is 5.48. The van der Waals surface area contributed by atoms with Crippen molar-refractivity contribution in [3.8, 4) is 11.3 Å². The second-order valence-electron chi connectivity index (χ2n) is 5.48. The van der Waals surface area contributed by atoms with Crippen molar-refractivity contribution in [1.82, 2.24) is 14.9 Å². The third-order valence-electron chi connectivity index (χ3n) is 3.45.